The molecule has 0 aliphatic heterocycles. The van der Waals surface area contributed by atoms with Gasteiger partial charge in [-0.3, -0.25) is 9.59 Å². The van der Waals surface area contributed by atoms with E-state index < -0.39 is 21.7 Å². The molecule has 7 nitrogen and oxygen atoms in total. The van der Waals surface area contributed by atoms with Gasteiger partial charge >= 0.3 is 5.97 Å². The van der Waals surface area contributed by atoms with Gasteiger partial charge in [-0.2, -0.15) is 0 Å². The highest BCUT2D eigenvalue weighted by atomic mass is 35.5. The van der Waals surface area contributed by atoms with E-state index in [-0.39, 0.29) is 23.8 Å². The summed E-state index contributed by atoms with van der Waals surface area (Å²) in [6.45, 7) is 1.99. The number of benzene rings is 1. The fraction of sp³-hybridized carbons (Fsp3) is 0.500. The molecule has 2 aromatic rings. The Morgan fingerprint density at radius 3 is 2.50 bits per heavy atom. The van der Waals surface area contributed by atoms with Gasteiger partial charge in [0, 0.05) is 6.26 Å². The quantitative estimate of drug-likeness (QED) is 0.506. The lowest BCUT2D eigenvalue weighted by Crippen LogP contribution is -2.23. The number of rotatable bonds is 9. The zero-order chi connectivity index (χ0) is 23.3. The van der Waals surface area contributed by atoms with Crippen LogP contribution in [0.2, 0.25) is 4.34 Å². The second-order valence-corrected chi connectivity index (χ2v) is 11.6. The van der Waals surface area contributed by atoms with Crippen LogP contribution in [0.3, 0.4) is 0 Å². The SMILES string of the molecule is CCOC(=O)Cc1nc(NC(=O)[C@H](CC2CCCC2)c2ccc(S(C)(=O)=O)cc2)sc1Cl. The number of aromatic nitrogens is 1. The summed E-state index contributed by atoms with van der Waals surface area (Å²) in [4.78, 5) is 29.5. The maximum absolute atomic E-state index is 13.2. The molecule has 0 bridgehead atoms. The molecule has 1 aromatic heterocycles. The number of ether oxygens (including phenoxy) is 1. The molecular weight excluding hydrogens is 472 g/mol. The van der Waals surface area contributed by atoms with Crippen LogP contribution in [0.1, 0.15) is 56.2 Å². The highest BCUT2D eigenvalue weighted by molar-refractivity contribution is 7.90. The number of halogens is 1. The third-order valence-electron chi connectivity index (χ3n) is 5.57. The van der Waals surface area contributed by atoms with Crippen LogP contribution in [-0.2, 0) is 30.6 Å². The number of esters is 1. The third-order valence-corrected chi connectivity index (χ3v) is 7.95. The van der Waals surface area contributed by atoms with Crippen LogP contribution in [0.25, 0.3) is 0 Å². The average molecular weight is 499 g/mol. The topological polar surface area (TPSA) is 102 Å². The second kappa shape index (κ2) is 10.8. The van der Waals surface area contributed by atoms with Gasteiger partial charge < -0.3 is 10.1 Å². The summed E-state index contributed by atoms with van der Waals surface area (Å²) in [5, 5.41) is 3.16. The monoisotopic (exact) mass is 498 g/mol. The van der Waals surface area contributed by atoms with Crippen LogP contribution in [0.4, 0.5) is 5.13 Å². The summed E-state index contributed by atoms with van der Waals surface area (Å²) >= 11 is 7.31. The fourth-order valence-corrected chi connectivity index (χ4v) is 5.63. The highest BCUT2D eigenvalue weighted by Crippen LogP contribution is 2.36. The normalized spacial score (nSPS) is 15.5. The molecule has 32 heavy (non-hydrogen) atoms. The molecule has 10 heteroatoms. The van der Waals surface area contributed by atoms with Crippen molar-refractivity contribution in [3.63, 3.8) is 0 Å². The van der Waals surface area contributed by atoms with Crippen molar-refractivity contribution < 1.29 is 22.7 Å². The average Bonchev–Trinajstić information content (AvgIpc) is 3.35. The second-order valence-electron chi connectivity index (χ2n) is 7.99. The molecule has 1 aliphatic carbocycles. The molecule has 0 saturated heterocycles. The number of carbonyl (C=O) groups excluding carboxylic acids is 2. The predicted octanol–water partition coefficient (Wildman–Crippen LogP) is 4.61. The lowest BCUT2D eigenvalue weighted by Gasteiger charge is -2.20. The first-order chi connectivity index (χ1) is 15.2. The molecule has 1 aliphatic rings. The Kier molecular flexibility index (Phi) is 8.30. The summed E-state index contributed by atoms with van der Waals surface area (Å²) in [6.07, 6.45) is 6.26. The van der Waals surface area contributed by atoms with E-state index >= 15 is 0 Å². The van der Waals surface area contributed by atoms with Crippen molar-refractivity contribution in [3.05, 3.63) is 39.9 Å². The maximum atomic E-state index is 13.2. The molecule has 0 unspecified atom stereocenters. The van der Waals surface area contributed by atoms with Crippen LogP contribution in [0, 0.1) is 5.92 Å². The Morgan fingerprint density at radius 2 is 1.91 bits per heavy atom. The van der Waals surface area contributed by atoms with Gasteiger partial charge in [-0.1, -0.05) is 60.8 Å². The smallest absolute Gasteiger partial charge is 0.311 e. The van der Waals surface area contributed by atoms with E-state index in [0.29, 0.717) is 27.5 Å². The number of carbonyl (C=O) groups is 2. The molecule has 3 rings (SSSR count). The zero-order valence-corrected chi connectivity index (χ0v) is 20.5. The van der Waals surface area contributed by atoms with E-state index in [0.717, 1.165) is 48.8 Å². The Hall–Kier alpha value is -1.97. The number of hydrogen-bond acceptors (Lipinski definition) is 7. The molecular formula is C22H27ClN2O5S2. The Morgan fingerprint density at radius 1 is 1.25 bits per heavy atom. The molecule has 1 N–H and O–H groups in total. The van der Waals surface area contributed by atoms with Crippen LogP contribution in [0.5, 0.6) is 0 Å². The van der Waals surface area contributed by atoms with Crippen molar-refractivity contribution in [2.45, 2.75) is 56.3 Å². The van der Waals surface area contributed by atoms with E-state index in [1.807, 2.05) is 0 Å². The van der Waals surface area contributed by atoms with Crippen LogP contribution < -0.4 is 5.32 Å². The molecule has 0 radical (unpaired) electrons. The number of thiazole rings is 1. The van der Waals surface area contributed by atoms with Gasteiger partial charge in [0.05, 0.1) is 29.5 Å². The lowest BCUT2D eigenvalue weighted by atomic mass is 9.87. The fourth-order valence-electron chi connectivity index (χ4n) is 3.96. The molecule has 0 spiro atoms. The van der Waals surface area contributed by atoms with Gasteiger partial charge in [0.15, 0.2) is 15.0 Å². The molecule has 1 saturated carbocycles. The van der Waals surface area contributed by atoms with E-state index in [1.54, 1.807) is 19.1 Å². The summed E-state index contributed by atoms with van der Waals surface area (Å²) in [5.74, 6) is -0.651. The minimum atomic E-state index is -3.31. The van der Waals surface area contributed by atoms with E-state index in [1.165, 1.54) is 12.1 Å². The highest BCUT2D eigenvalue weighted by Gasteiger charge is 2.28. The Labute approximate surface area is 197 Å². The van der Waals surface area contributed by atoms with Crippen molar-refractivity contribution in [1.82, 2.24) is 4.98 Å². The van der Waals surface area contributed by atoms with Crippen molar-refractivity contribution in [3.8, 4) is 0 Å². The standard InChI is InChI=1S/C22H27ClN2O5S2/c1-3-30-19(26)13-18-20(23)31-22(24-18)25-21(27)17(12-14-6-4-5-7-14)15-8-10-16(11-9-15)32(2,28)29/h8-11,14,17H,3-7,12-13H2,1-2H3,(H,24,25,27)/t17-/m1/s1. The summed E-state index contributed by atoms with van der Waals surface area (Å²) in [7, 11) is -3.31. The van der Waals surface area contributed by atoms with Gasteiger partial charge in [-0.05, 0) is 37.0 Å². The largest absolute Gasteiger partial charge is 0.466 e. The Balaban J connectivity index is 1.79. The zero-order valence-electron chi connectivity index (χ0n) is 18.1. The summed E-state index contributed by atoms with van der Waals surface area (Å²) in [6, 6.07) is 6.49. The van der Waals surface area contributed by atoms with E-state index in [9.17, 15) is 18.0 Å². The van der Waals surface area contributed by atoms with Crippen LogP contribution >= 0.6 is 22.9 Å². The van der Waals surface area contributed by atoms with Crippen molar-refractivity contribution >= 4 is 49.8 Å². The summed E-state index contributed by atoms with van der Waals surface area (Å²) in [5.41, 5.74) is 1.13. The first kappa shape index (κ1) is 24.7. The minimum absolute atomic E-state index is 0.0580. The minimum Gasteiger partial charge on any atom is -0.466 e. The van der Waals surface area contributed by atoms with E-state index in [2.05, 4.69) is 10.3 Å². The molecule has 1 atom stereocenters. The maximum Gasteiger partial charge on any atom is 0.311 e. The van der Waals surface area contributed by atoms with Gasteiger partial charge in [-0.25, -0.2) is 13.4 Å². The summed E-state index contributed by atoms with van der Waals surface area (Å²) < 4.78 is 28.8. The predicted molar refractivity (Wildman–Crippen MR) is 125 cm³/mol. The number of hydrogen-bond donors (Lipinski definition) is 1. The number of nitrogens with zero attached hydrogens (tertiary/aromatic N) is 1. The number of anilines is 1. The molecule has 1 aromatic carbocycles. The van der Waals surface area contributed by atoms with Crippen LogP contribution in [-0.4, -0.2) is 38.1 Å². The Bertz CT molecular complexity index is 1060. The molecule has 1 heterocycles. The van der Waals surface area contributed by atoms with E-state index in [4.69, 9.17) is 16.3 Å². The van der Waals surface area contributed by atoms with Crippen LogP contribution in [0.15, 0.2) is 29.2 Å². The first-order valence-electron chi connectivity index (χ1n) is 10.6. The van der Waals surface area contributed by atoms with Gasteiger partial charge in [0.2, 0.25) is 5.91 Å². The molecule has 174 valence electrons. The number of nitrogens with one attached hydrogen (secondary N) is 1. The van der Waals surface area contributed by atoms with Crippen molar-refractivity contribution in [2.24, 2.45) is 5.92 Å². The molecule has 1 fully saturated rings. The lowest BCUT2D eigenvalue weighted by molar-refractivity contribution is -0.142. The third kappa shape index (κ3) is 6.52. The van der Waals surface area contributed by atoms with Gasteiger partial charge in [-0.15, -0.1) is 0 Å². The van der Waals surface area contributed by atoms with Crippen molar-refractivity contribution in [2.75, 3.05) is 18.2 Å². The number of sulfone groups is 1. The number of amides is 1. The molecule has 1 amide bonds. The van der Waals surface area contributed by atoms with Gasteiger partial charge in [0.1, 0.15) is 4.34 Å². The van der Waals surface area contributed by atoms with Gasteiger partial charge in [0.25, 0.3) is 0 Å². The van der Waals surface area contributed by atoms with Crippen molar-refractivity contribution in [1.29, 1.82) is 0 Å². The first-order valence-corrected chi connectivity index (χ1v) is 13.7.